The van der Waals surface area contributed by atoms with Crippen molar-refractivity contribution in [1.29, 1.82) is 5.26 Å². The van der Waals surface area contributed by atoms with E-state index in [9.17, 15) is 28.4 Å². The minimum Gasteiger partial charge on any atom is -0.444 e. The number of likely N-dealkylation sites (tertiary alicyclic amines) is 1. The van der Waals surface area contributed by atoms with E-state index in [0.717, 1.165) is 12.5 Å². The van der Waals surface area contributed by atoms with Crippen LogP contribution in [0.1, 0.15) is 56.9 Å². The van der Waals surface area contributed by atoms with E-state index in [0.29, 0.717) is 18.9 Å². The maximum atomic E-state index is 14.1. The number of hydrogen-bond acceptors (Lipinski definition) is 7. The van der Waals surface area contributed by atoms with E-state index in [4.69, 9.17) is 9.26 Å². The molecule has 2 aliphatic rings. The van der Waals surface area contributed by atoms with Crippen molar-refractivity contribution in [3.8, 4) is 17.4 Å². The van der Waals surface area contributed by atoms with Crippen molar-refractivity contribution < 1.29 is 32.4 Å². The Hall–Kier alpha value is -4.01. The van der Waals surface area contributed by atoms with Crippen LogP contribution in [-0.4, -0.2) is 58.2 Å². The summed E-state index contributed by atoms with van der Waals surface area (Å²) in [6.07, 6.45) is 1.51. The Morgan fingerprint density at radius 2 is 1.97 bits per heavy atom. The summed E-state index contributed by atoms with van der Waals surface area (Å²) in [7, 11) is 0. The molecule has 1 aliphatic carbocycles. The summed E-state index contributed by atoms with van der Waals surface area (Å²) < 4.78 is 37.9. The van der Waals surface area contributed by atoms with E-state index in [1.165, 1.54) is 17.0 Å². The van der Waals surface area contributed by atoms with Crippen LogP contribution >= 0.6 is 0 Å². The normalized spacial score (nSPS) is 20.6. The summed E-state index contributed by atoms with van der Waals surface area (Å²) >= 11 is 0. The van der Waals surface area contributed by atoms with E-state index in [-0.39, 0.29) is 36.5 Å². The summed E-state index contributed by atoms with van der Waals surface area (Å²) in [4.78, 5) is 40.4. The van der Waals surface area contributed by atoms with Crippen molar-refractivity contribution in [2.24, 2.45) is 5.92 Å². The minimum absolute atomic E-state index is 0.0297. The predicted octanol–water partition coefficient (Wildman–Crippen LogP) is 3.54. The number of carbonyl (C=O) groups excluding carboxylic acids is 3. The zero-order chi connectivity index (χ0) is 27.7. The smallest absolute Gasteiger partial charge is 0.410 e. The topological polar surface area (TPSA) is 138 Å². The minimum atomic E-state index is -0.958. The second-order valence-electron chi connectivity index (χ2n) is 10.6. The third kappa shape index (κ3) is 5.93. The fourth-order valence-electron chi connectivity index (χ4n) is 4.45. The second kappa shape index (κ2) is 10.4. The van der Waals surface area contributed by atoms with E-state index < -0.39 is 52.6 Å². The number of nitrogens with one attached hydrogen (secondary N) is 2. The zero-order valence-electron chi connectivity index (χ0n) is 21.3. The van der Waals surface area contributed by atoms with Crippen molar-refractivity contribution in [3.63, 3.8) is 0 Å². The lowest BCUT2D eigenvalue weighted by Crippen LogP contribution is -2.61. The number of amides is 3. The van der Waals surface area contributed by atoms with Gasteiger partial charge in [-0.3, -0.25) is 9.59 Å². The first-order valence-electron chi connectivity index (χ1n) is 12.3. The van der Waals surface area contributed by atoms with Gasteiger partial charge >= 0.3 is 6.09 Å². The molecule has 0 unspecified atom stereocenters. The van der Waals surface area contributed by atoms with Crippen LogP contribution in [0, 0.1) is 28.9 Å². The van der Waals surface area contributed by atoms with Crippen LogP contribution < -0.4 is 10.6 Å². The predicted molar refractivity (Wildman–Crippen MR) is 129 cm³/mol. The fourth-order valence-corrected chi connectivity index (χ4v) is 4.45. The molecule has 0 bridgehead atoms. The molecule has 2 N–H and O–H groups in total. The Kier molecular flexibility index (Phi) is 7.40. The van der Waals surface area contributed by atoms with E-state index in [1.54, 1.807) is 20.8 Å². The number of nitriles is 1. The van der Waals surface area contributed by atoms with Gasteiger partial charge in [0.05, 0.1) is 17.6 Å². The Morgan fingerprint density at radius 3 is 2.58 bits per heavy atom. The molecule has 1 aliphatic heterocycles. The maximum absolute atomic E-state index is 14.1. The highest BCUT2D eigenvalue weighted by Gasteiger charge is 2.44. The molecular weight excluding hydrogens is 500 g/mol. The summed E-state index contributed by atoms with van der Waals surface area (Å²) in [6.45, 7) is 5.40. The Morgan fingerprint density at radius 1 is 1.24 bits per heavy atom. The third-order valence-electron chi connectivity index (χ3n) is 6.64. The number of nitrogens with zero attached hydrogens (tertiary/aromatic N) is 3. The summed E-state index contributed by atoms with van der Waals surface area (Å²) in [6, 6.07) is 5.60. The number of carbonyl (C=O) groups is 3. The van der Waals surface area contributed by atoms with Gasteiger partial charge < -0.3 is 24.8 Å². The average molecular weight is 530 g/mol. The van der Waals surface area contributed by atoms with Gasteiger partial charge in [-0.1, -0.05) is 5.16 Å². The first-order chi connectivity index (χ1) is 17.9. The summed E-state index contributed by atoms with van der Waals surface area (Å²) in [5, 5.41) is 18.8. The van der Waals surface area contributed by atoms with Crippen LogP contribution in [0.15, 0.2) is 28.8 Å². The summed E-state index contributed by atoms with van der Waals surface area (Å²) in [5.74, 6) is -3.70. The third-order valence-corrected chi connectivity index (χ3v) is 6.64. The molecule has 3 amide bonds. The SMILES string of the molecule is CC(C)(C)OC(=O)N1CC[C@@H](NC(=O)c2cc(-c3ccc(F)cc3F)on2)[C@H](C(=O)NC2(C#N)CCC2)C1. The highest BCUT2D eigenvalue weighted by molar-refractivity contribution is 5.94. The van der Waals surface area contributed by atoms with E-state index >= 15 is 0 Å². The van der Waals surface area contributed by atoms with Gasteiger partial charge in [0, 0.05) is 31.3 Å². The van der Waals surface area contributed by atoms with Gasteiger partial charge in [-0.2, -0.15) is 5.26 Å². The fraction of sp³-hybridized carbons (Fsp3) is 0.500. The lowest BCUT2D eigenvalue weighted by Gasteiger charge is -2.41. The number of halogens is 2. The number of piperidine rings is 1. The molecule has 1 saturated carbocycles. The molecule has 38 heavy (non-hydrogen) atoms. The van der Waals surface area contributed by atoms with Crippen molar-refractivity contribution >= 4 is 17.9 Å². The van der Waals surface area contributed by atoms with Crippen LogP contribution in [0.4, 0.5) is 13.6 Å². The molecule has 1 aromatic heterocycles. The monoisotopic (exact) mass is 529 g/mol. The quantitative estimate of drug-likeness (QED) is 0.604. The number of aromatic nitrogens is 1. The summed E-state index contributed by atoms with van der Waals surface area (Å²) in [5.41, 5.74) is -1.92. The van der Waals surface area contributed by atoms with Gasteiger partial charge in [0.25, 0.3) is 5.91 Å². The van der Waals surface area contributed by atoms with Gasteiger partial charge in [-0.05, 0) is 58.6 Å². The molecule has 0 spiro atoms. The number of rotatable bonds is 5. The van der Waals surface area contributed by atoms with E-state index in [2.05, 4.69) is 21.9 Å². The van der Waals surface area contributed by atoms with Crippen LogP contribution in [0.5, 0.6) is 0 Å². The van der Waals surface area contributed by atoms with Gasteiger partial charge in [-0.25, -0.2) is 13.6 Å². The molecule has 4 rings (SSSR count). The molecule has 1 aromatic carbocycles. The number of benzene rings is 1. The highest BCUT2D eigenvalue weighted by Crippen LogP contribution is 2.32. The first kappa shape index (κ1) is 27.0. The van der Waals surface area contributed by atoms with Gasteiger partial charge in [-0.15, -0.1) is 0 Å². The van der Waals surface area contributed by atoms with Crippen molar-refractivity contribution in [1.82, 2.24) is 20.7 Å². The Bertz CT molecular complexity index is 1280. The molecule has 2 heterocycles. The molecule has 202 valence electrons. The molecule has 12 heteroatoms. The van der Waals surface area contributed by atoms with Gasteiger partial charge in [0.2, 0.25) is 5.91 Å². The van der Waals surface area contributed by atoms with E-state index in [1.807, 2.05) is 0 Å². The molecule has 2 atom stereocenters. The zero-order valence-corrected chi connectivity index (χ0v) is 21.3. The molecule has 0 radical (unpaired) electrons. The molecule has 2 aromatic rings. The van der Waals surface area contributed by atoms with Crippen molar-refractivity contribution in [3.05, 3.63) is 41.6 Å². The number of hydrogen-bond donors (Lipinski definition) is 2. The lowest BCUT2D eigenvalue weighted by atomic mass is 9.77. The lowest BCUT2D eigenvalue weighted by molar-refractivity contribution is -0.129. The molecular formula is C26H29F2N5O5. The maximum Gasteiger partial charge on any atom is 0.410 e. The largest absolute Gasteiger partial charge is 0.444 e. The standard InChI is InChI=1S/C26H29F2N5O5/c1-25(2,3)37-24(36)33-10-7-19(17(13-33)22(34)31-26(14-29)8-4-9-26)30-23(35)20-12-21(38-32-20)16-6-5-15(27)11-18(16)28/h5-6,11-12,17,19H,4,7-10,13H2,1-3H3,(H,30,35)(H,31,34)/t17-,19-/m1/s1. The van der Waals surface area contributed by atoms with Crippen molar-refractivity contribution in [2.45, 2.75) is 63.6 Å². The molecule has 2 fully saturated rings. The van der Waals surface area contributed by atoms with Crippen LogP contribution in [0.2, 0.25) is 0 Å². The second-order valence-corrected chi connectivity index (χ2v) is 10.6. The van der Waals surface area contributed by atoms with Gasteiger partial charge in [0.15, 0.2) is 11.5 Å². The van der Waals surface area contributed by atoms with Crippen LogP contribution in [0.3, 0.4) is 0 Å². The molecule has 10 nitrogen and oxygen atoms in total. The molecule has 1 saturated heterocycles. The van der Waals surface area contributed by atoms with Gasteiger partial charge in [0.1, 0.15) is 22.8 Å². The first-order valence-corrected chi connectivity index (χ1v) is 12.3. The van der Waals surface area contributed by atoms with Crippen molar-refractivity contribution in [2.75, 3.05) is 13.1 Å². The van der Waals surface area contributed by atoms with Crippen LogP contribution in [0.25, 0.3) is 11.3 Å². The Balaban J connectivity index is 1.50. The highest BCUT2D eigenvalue weighted by atomic mass is 19.1. The van der Waals surface area contributed by atoms with Crippen LogP contribution in [-0.2, 0) is 9.53 Å². The Labute approximate surface area is 218 Å². The average Bonchev–Trinajstić information content (AvgIpc) is 3.30. The number of ether oxygens (including phenoxy) is 1.